The van der Waals surface area contributed by atoms with Crippen molar-refractivity contribution in [2.75, 3.05) is 27.7 Å². The standard InChI is InChI=1S/C26H52NO4P/c1-5-6-7-8-9-10-11-12-13-14-15-16-17-18-19-20-21-22-23-24-26(28,32(29,30)31)25-27(2,3)4/h12-13,20-21,28H,5-11,14-19,22-25H2,1-4H3,(H-,29,30,31)/p+1/b13-12-,21-20-. The number of hydrogen-bond acceptors (Lipinski definition) is 2. The van der Waals surface area contributed by atoms with Crippen LogP contribution >= 0.6 is 7.60 Å². The molecule has 5 nitrogen and oxygen atoms in total. The number of allylic oxidation sites excluding steroid dienone is 4. The minimum absolute atomic E-state index is 0.0369. The van der Waals surface area contributed by atoms with Crippen LogP contribution in [0.25, 0.3) is 0 Å². The smallest absolute Gasteiger partial charge is 0.362 e. The summed E-state index contributed by atoms with van der Waals surface area (Å²) in [6.45, 7) is 2.30. The zero-order valence-corrected chi connectivity index (χ0v) is 22.4. The van der Waals surface area contributed by atoms with Crippen LogP contribution in [0.1, 0.15) is 110 Å². The van der Waals surface area contributed by atoms with Crippen LogP contribution < -0.4 is 0 Å². The van der Waals surface area contributed by atoms with Gasteiger partial charge >= 0.3 is 7.60 Å². The first kappa shape index (κ1) is 31.6. The van der Waals surface area contributed by atoms with Crippen molar-refractivity contribution in [2.45, 2.75) is 115 Å². The molecular weight excluding hydrogens is 421 g/mol. The topological polar surface area (TPSA) is 77.8 Å². The van der Waals surface area contributed by atoms with Gasteiger partial charge in [0.05, 0.1) is 21.1 Å². The lowest BCUT2D eigenvalue weighted by molar-refractivity contribution is -0.875. The summed E-state index contributed by atoms with van der Waals surface area (Å²) in [6.07, 6.45) is 27.0. The summed E-state index contributed by atoms with van der Waals surface area (Å²) in [5, 5.41) is 8.58. The van der Waals surface area contributed by atoms with E-state index in [0.717, 1.165) is 12.8 Å². The van der Waals surface area contributed by atoms with E-state index in [2.05, 4.69) is 31.2 Å². The first-order valence-electron chi connectivity index (χ1n) is 12.9. The van der Waals surface area contributed by atoms with Gasteiger partial charge in [-0.15, -0.1) is 0 Å². The lowest BCUT2D eigenvalue weighted by atomic mass is 10.1. The average Bonchev–Trinajstić information content (AvgIpc) is 2.67. The van der Waals surface area contributed by atoms with Gasteiger partial charge in [0, 0.05) is 0 Å². The summed E-state index contributed by atoms with van der Waals surface area (Å²) >= 11 is 0. The lowest BCUT2D eigenvalue weighted by Crippen LogP contribution is -2.49. The SMILES string of the molecule is CCCCCCCC/C=C\CCCCCC/C=C\CCCC(O)(C[N+](C)(C)C)P(=O)(O)O. The van der Waals surface area contributed by atoms with Gasteiger partial charge in [-0.2, -0.15) is 0 Å². The van der Waals surface area contributed by atoms with E-state index < -0.39 is 12.9 Å². The van der Waals surface area contributed by atoms with Gasteiger partial charge in [-0.25, -0.2) is 0 Å². The van der Waals surface area contributed by atoms with E-state index >= 15 is 0 Å². The highest BCUT2D eigenvalue weighted by Gasteiger charge is 2.48. The van der Waals surface area contributed by atoms with E-state index in [0.29, 0.717) is 10.9 Å². The van der Waals surface area contributed by atoms with Crippen molar-refractivity contribution in [3.05, 3.63) is 24.3 Å². The van der Waals surface area contributed by atoms with Gasteiger partial charge in [0.1, 0.15) is 6.54 Å². The molecule has 0 rings (SSSR count). The summed E-state index contributed by atoms with van der Waals surface area (Å²) in [4.78, 5) is 19.2. The largest absolute Gasteiger partial charge is 0.373 e. The number of hydrogen-bond donors (Lipinski definition) is 3. The van der Waals surface area contributed by atoms with Crippen molar-refractivity contribution in [3.8, 4) is 0 Å². The molecule has 32 heavy (non-hydrogen) atoms. The van der Waals surface area contributed by atoms with Gasteiger partial charge in [0.2, 0.25) is 5.34 Å². The highest BCUT2D eigenvalue weighted by molar-refractivity contribution is 7.53. The molecule has 0 aliphatic carbocycles. The maximum Gasteiger partial charge on any atom is 0.362 e. The van der Waals surface area contributed by atoms with E-state index in [9.17, 15) is 19.5 Å². The molecule has 0 amide bonds. The Hall–Kier alpha value is -0.450. The van der Waals surface area contributed by atoms with E-state index in [-0.39, 0.29) is 13.0 Å². The van der Waals surface area contributed by atoms with Crippen LogP contribution in [0.4, 0.5) is 0 Å². The summed E-state index contributed by atoms with van der Waals surface area (Å²) in [5.41, 5.74) is 0. The molecule has 0 aliphatic heterocycles. The first-order chi connectivity index (χ1) is 15.0. The third-order valence-corrected chi connectivity index (χ3v) is 7.22. The summed E-state index contributed by atoms with van der Waals surface area (Å²) in [7, 11) is 0.913. The van der Waals surface area contributed by atoms with Gasteiger partial charge < -0.3 is 19.4 Å². The number of rotatable bonds is 21. The fourth-order valence-electron chi connectivity index (χ4n) is 3.97. The molecule has 0 saturated heterocycles. The summed E-state index contributed by atoms with van der Waals surface area (Å²) in [6, 6.07) is 0. The van der Waals surface area contributed by atoms with Crippen molar-refractivity contribution in [2.24, 2.45) is 0 Å². The number of unbranched alkanes of at least 4 members (excludes halogenated alkanes) is 12. The minimum Gasteiger partial charge on any atom is -0.373 e. The third-order valence-electron chi connectivity index (χ3n) is 5.77. The van der Waals surface area contributed by atoms with E-state index in [4.69, 9.17) is 0 Å². The molecule has 0 aromatic carbocycles. The van der Waals surface area contributed by atoms with Crippen LogP contribution in [-0.2, 0) is 4.57 Å². The second-order valence-electron chi connectivity index (χ2n) is 10.4. The maximum absolute atomic E-state index is 11.8. The molecule has 0 aliphatic rings. The molecule has 0 fully saturated rings. The van der Waals surface area contributed by atoms with Crippen molar-refractivity contribution in [1.29, 1.82) is 0 Å². The third kappa shape index (κ3) is 18.0. The molecule has 0 aromatic rings. The fraction of sp³-hybridized carbons (Fsp3) is 0.846. The van der Waals surface area contributed by atoms with Crippen molar-refractivity contribution in [3.63, 3.8) is 0 Å². The van der Waals surface area contributed by atoms with Gasteiger partial charge in [-0.3, -0.25) is 4.57 Å². The van der Waals surface area contributed by atoms with E-state index in [1.165, 1.54) is 77.0 Å². The van der Waals surface area contributed by atoms with E-state index in [1.807, 2.05) is 21.1 Å². The monoisotopic (exact) mass is 474 g/mol. The van der Waals surface area contributed by atoms with Crippen LogP contribution in [0.15, 0.2) is 24.3 Å². The fourth-order valence-corrected chi connectivity index (χ4v) is 5.03. The number of aliphatic hydroxyl groups is 1. The molecule has 3 N–H and O–H groups in total. The van der Waals surface area contributed by atoms with Crippen molar-refractivity contribution < 1.29 is 23.9 Å². The Morgan fingerprint density at radius 2 is 1.06 bits per heavy atom. The van der Waals surface area contributed by atoms with Gasteiger partial charge in [0.15, 0.2) is 0 Å². The van der Waals surface area contributed by atoms with Crippen molar-refractivity contribution >= 4 is 7.60 Å². The van der Waals surface area contributed by atoms with Crippen LogP contribution in [-0.4, -0.2) is 52.4 Å². The number of nitrogens with zero attached hydrogens (tertiary/aromatic N) is 1. The van der Waals surface area contributed by atoms with Crippen LogP contribution in [0.2, 0.25) is 0 Å². The lowest BCUT2D eigenvalue weighted by Gasteiger charge is -2.35. The zero-order chi connectivity index (χ0) is 24.3. The quantitative estimate of drug-likeness (QED) is 0.0729. The molecule has 0 heterocycles. The molecular formula is C26H53NO4P+. The zero-order valence-electron chi connectivity index (χ0n) is 21.5. The Morgan fingerprint density at radius 1 is 0.688 bits per heavy atom. The van der Waals surface area contributed by atoms with Crippen LogP contribution in [0.3, 0.4) is 0 Å². The molecule has 0 spiro atoms. The van der Waals surface area contributed by atoms with Crippen LogP contribution in [0, 0.1) is 0 Å². The molecule has 0 bridgehead atoms. The molecule has 0 radical (unpaired) electrons. The van der Waals surface area contributed by atoms with Crippen LogP contribution in [0.5, 0.6) is 0 Å². The second-order valence-corrected chi connectivity index (χ2v) is 12.3. The Labute approximate surface area is 198 Å². The predicted octanol–water partition coefficient (Wildman–Crippen LogP) is 6.93. The molecule has 6 heteroatoms. The van der Waals surface area contributed by atoms with E-state index in [1.54, 1.807) is 0 Å². The summed E-state index contributed by atoms with van der Waals surface area (Å²) < 4.78 is 12.1. The molecule has 0 aromatic heterocycles. The average molecular weight is 475 g/mol. The molecule has 0 saturated carbocycles. The normalized spacial score (nSPS) is 15.1. The number of likely N-dealkylation sites (N-methyl/N-ethyl adjacent to an activating group) is 1. The molecule has 1 unspecified atom stereocenters. The van der Waals surface area contributed by atoms with Crippen molar-refractivity contribution in [1.82, 2.24) is 0 Å². The molecule has 190 valence electrons. The predicted molar refractivity (Wildman–Crippen MR) is 138 cm³/mol. The minimum atomic E-state index is -4.57. The Balaban J connectivity index is 3.70. The highest BCUT2D eigenvalue weighted by atomic mass is 31.2. The number of quaternary nitrogens is 1. The van der Waals surface area contributed by atoms with Gasteiger partial charge in [-0.05, 0) is 57.8 Å². The summed E-state index contributed by atoms with van der Waals surface area (Å²) in [5.74, 6) is 0. The highest BCUT2D eigenvalue weighted by Crippen LogP contribution is 2.52. The Morgan fingerprint density at radius 3 is 1.44 bits per heavy atom. The Kier molecular flexibility index (Phi) is 17.7. The Bertz CT molecular complexity index is 551. The second kappa shape index (κ2) is 18.0. The molecule has 1 atom stereocenters. The van der Waals surface area contributed by atoms with Gasteiger partial charge in [-0.1, -0.05) is 76.2 Å². The first-order valence-corrected chi connectivity index (χ1v) is 14.5. The maximum atomic E-state index is 11.8. The van der Waals surface area contributed by atoms with Gasteiger partial charge in [0.25, 0.3) is 0 Å².